The Hall–Kier alpha value is -2.93. The molecule has 0 N–H and O–H groups in total. The summed E-state index contributed by atoms with van der Waals surface area (Å²) in [4.78, 5) is 18.3. The highest BCUT2D eigenvalue weighted by molar-refractivity contribution is 7.99. The third kappa shape index (κ3) is 6.20. The van der Waals surface area contributed by atoms with E-state index in [4.69, 9.17) is 0 Å². The molecule has 3 aromatic rings. The number of halogens is 1. The van der Waals surface area contributed by atoms with Crippen LogP contribution in [0.3, 0.4) is 0 Å². The fraction of sp³-hybridized carbons (Fsp3) is 0.393. The van der Waals surface area contributed by atoms with E-state index in [2.05, 4.69) is 50.3 Å². The zero-order chi connectivity index (χ0) is 24.0. The highest BCUT2D eigenvalue weighted by atomic mass is 32.2. The van der Waals surface area contributed by atoms with E-state index in [0.717, 1.165) is 74.0 Å². The zero-order valence-electron chi connectivity index (χ0n) is 19.9. The number of benzene rings is 2. The molecule has 5 rings (SSSR count). The van der Waals surface area contributed by atoms with Gasteiger partial charge in [-0.2, -0.15) is 0 Å². The van der Waals surface area contributed by atoms with Crippen LogP contribution in [0.2, 0.25) is 0 Å². The molecule has 2 aliphatic heterocycles. The smallest absolute Gasteiger partial charge is 0.225 e. The van der Waals surface area contributed by atoms with Gasteiger partial charge >= 0.3 is 0 Å². The van der Waals surface area contributed by atoms with Crippen LogP contribution in [-0.4, -0.2) is 47.2 Å². The van der Waals surface area contributed by atoms with Crippen molar-refractivity contribution in [3.63, 3.8) is 0 Å². The topological polar surface area (TPSA) is 49.3 Å². The van der Waals surface area contributed by atoms with E-state index >= 15 is 0 Å². The maximum atomic E-state index is 13.4. The Kier molecular flexibility index (Phi) is 7.62. The predicted molar refractivity (Wildman–Crippen MR) is 137 cm³/mol. The molecular weight excluding hydrogens is 459 g/mol. The van der Waals surface area contributed by atoms with Crippen LogP contribution in [0.25, 0.3) is 0 Å². The number of piperidine rings is 2. The molecule has 2 aromatic carbocycles. The SMILES string of the molecule is O=C(C1CCN(c2ccc(Sc3cccc(F)c3)nn2)CC1)N1CCC(Cc2ccccc2)CC1. The van der Waals surface area contributed by atoms with Gasteiger partial charge in [0.15, 0.2) is 5.82 Å². The summed E-state index contributed by atoms with van der Waals surface area (Å²) < 4.78 is 13.4. The minimum Gasteiger partial charge on any atom is -0.355 e. The maximum absolute atomic E-state index is 13.4. The summed E-state index contributed by atoms with van der Waals surface area (Å²) in [6.07, 6.45) is 5.00. The Morgan fingerprint density at radius 2 is 1.66 bits per heavy atom. The second-order valence-corrected chi connectivity index (χ2v) is 10.6. The Balaban J connectivity index is 1.08. The molecule has 0 bridgehead atoms. The van der Waals surface area contributed by atoms with Crippen LogP contribution in [0, 0.1) is 17.7 Å². The Bertz CT molecular complexity index is 1110. The second kappa shape index (κ2) is 11.2. The molecule has 0 unspecified atom stereocenters. The number of carbonyl (C=O) groups excluding carboxylic acids is 1. The molecular formula is C28H31FN4OS. The van der Waals surface area contributed by atoms with Crippen molar-refractivity contribution < 1.29 is 9.18 Å². The molecule has 35 heavy (non-hydrogen) atoms. The van der Waals surface area contributed by atoms with Crippen LogP contribution < -0.4 is 4.90 Å². The lowest BCUT2D eigenvalue weighted by molar-refractivity contribution is -0.137. The van der Waals surface area contributed by atoms with Crippen LogP contribution in [-0.2, 0) is 11.2 Å². The number of likely N-dealkylation sites (tertiary alicyclic amines) is 1. The van der Waals surface area contributed by atoms with Gasteiger partial charge in [-0.25, -0.2) is 4.39 Å². The van der Waals surface area contributed by atoms with Crippen molar-refractivity contribution in [2.24, 2.45) is 11.8 Å². The van der Waals surface area contributed by atoms with E-state index in [1.54, 1.807) is 6.07 Å². The summed E-state index contributed by atoms with van der Waals surface area (Å²) in [5.74, 6) is 1.68. The van der Waals surface area contributed by atoms with Crippen molar-refractivity contribution in [3.05, 3.63) is 78.1 Å². The standard InChI is InChI=1S/C28H31FN4OS/c29-24-7-4-8-25(20-24)35-27-10-9-26(30-31-27)32-17-13-23(14-18-32)28(34)33-15-11-22(12-16-33)19-21-5-2-1-3-6-21/h1-10,20,22-23H,11-19H2. The lowest BCUT2D eigenvalue weighted by Crippen LogP contribution is -2.45. The molecule has 182 valence electrons. The van der Waals surface area contributed by atoms with E-state index < -0.39 is 0 Å². The first-order valence-corrected chi connectivity index (χ1v) is 13.3. The molecule has 2 aliphatic rings. The molecule has 1 amide bonds. The van der Waals surface area contributed by atoms with Crippen LogP contribution in [0.15, 0.2) is 76.7 Å². The summed E-state index contributed by atoms with van der Waals surface area (Å²) in [6.45, 7) is 3.39. The number of anilines is 1. The average molecular weight is 491 g/mol. The molecule has 5 nitrogen and oxygen atoms in total. The van der Waals surface area contributed by atoms with Gasteiger partial charge < -0.3 is 9.80 Å². The summed E-state index contributed by atoms with van der Waals surface area (Å²) >= 11 is 1.40. The van der Waals surface area contributed by atoms with Crippen LogP contribution >= 0.6 is 11.8 Å². The Morgan fingerprint density at radius 3 is 2.34 bits per heavy atom. The van der Waals surface area contributed by atoms with E-state index in [0.29, 0.717) is 11.8 Å². The van der Waals surface area contributed by atoms with Gasteiger partial charge in [-0.15, -0.1) is 10.2 Å². The van der Waals surface area contributed by atoms with E-state index in [-0.39, 0.29) is 11.7 Å². The molecule has 0 saturated carbocycles. The van der Waals surface area contributed by atoms with Crippen LogP contribution in [0.5, 0.6) is 0 Å². The molecule has 1 aromatic heterocycles. The largest absolute Gasteiger partial charge is 0.355 e. The van der Waals surface area contributed by atoms with Gasteiger partial charge in [-0.05, 0) is 73.9 Å². The monoisotopic (exact) mass is 490 g/mol. The van der Waals surface area contributed by atoms with Gasteiger partial charge in [-0.1, -0.05) is 48.2 Å². The summed E-state index contributed by atoms with van der Waals surface area (Å²) in [5, 5.41) is 9.44. The molecule has 2 saturated heterocycles. The van der Waals surface area contributed by atoms with Gasteiger partial charge in [0.1, 0.15) is 10.8 Å². The molecule has 0 aliphatic carbocycles. The number of hydrogen-bond acceptors (Lipinski definition) is 5. The number of rotatable bonds is 6. The molecule has 0 spiro atoms. The van der Waals surface area contributed by atoms with Gasteiger partial charge in [0.05, 0.1) is 0 Å². The molecule has 0 atom stereocenters. The normalized spacial score (nSPS) is 17.5. The first kappa shape index (κ1) is 23.8. The van der Waals surface area contributed by atoms with Gasteiger partial charge in [0.25, 0.3) is 0 Å². The van der Waals surface area contributed by atoms with Crippen LogP contribution in [0.1, 0.15) is 31.2 Å². The van der Waals surface area contributed by atoms with E-state index in [1.165, 1.54) is 29.5 Å². The van der Waals surface area contributed by atoms with E-state index in [1.807, 2.05) is 18.2 Å². The van der Waals surface area contributed by atoms with E-state index in [9.17, 15) is 9.18 Å². The minimum absolute atomic E-state index is 0.104. The summed E-state index contributed by atoms with van der Waals surface area (Å²) in [5.41, 5.74) is 1.40. The minimum atomic E-state index is -0.256. The summed E-state index contributed by atoms with van der Waals surface area (Å²) in [7, 11) is 0. The zero-order valence-corrected chi connectivity index (χ0v) is 20.7. The first-order chi connectivity index (χ1) is 17.1. The summed E-state index contributed by atoms with van der Waals surface area (Å²) in [6, 6.07) is 21.0. The van der Waals surface area contributed by atoms with Crippen molar-refractivity contribution in [1.29, 1.82) is 0 Å². The van der Waals surface area contributed by atoms with Crippen molar-refractivity contribution in [2.45, 2.75) is 42.0 Å². The van der Waals surface area contributed by atoms with Gasteiger partial charge in [-0.3, -0.25) is 4.79 Å². The third-order valence-electron chi connectivity index (χ3n) is 7.11. The van der Waals surface area contributed by atoms with Crippen molar-refractivity contribution in [2.75, 3.05) is 31.1 Å². The lowest BCUT2D eigenvalue weighted by Gasteiger charge is -2.37. The number of amides is 1. The molecule has 3 heterocycles. The van der Waals surface area contributed by atoms with Crippen molar-refractivity contribution in [1.82, 2.24) is 15.1 Å². The highest BCUT2D eigenvalue weighted by Gasteiger charge is 2.31. The Labute approximate surface area is 210 Å². The van der Waals surface area contributed by atoms with Gasteiger partial charge in [0.2, 0.25) is 5.91 Å². The number of hydrogen-bond donors (Lipinski definition) is 0. The predicted octanol–water partition coefficient (Wildman–Crippen LogP) is 5.46. The third-order valence-corrected chi connectivity index (χ3v) is 8.02. The fourth-order valence-corrected chi connectivity index (χ4v) is 5.88. The number of aromatic nitrogens is 2. The van der Waals surface area contributed by atoms with Crippen molar-refractivity contribution >= 4 is 23.5 Å². The van der Waals surface area contributed by atoms with Crippen LogP contribution in [0.4, 0.5) is 10.2 Å². The molecule has 0 radical (unpaired) electrons. The number of nitrogens with zero attached hydrogens (tertiary/aromatic N) is 4. The van der Waals surface area contributed by atoms with Gasteiger partial charge in [0, 0.05) is 37.0 Å². The number of carbonyl (C=O) groups is 1. The first-order valence-electron chi connectivity index (χ1n) is 12.5. The fourth-order valence-electron chi connectivity index (χ4n) is 5.11. The second-order valence-electron chi connectivity index (χ2n) is 9.51. The van der Waals surface area contributed by atoms with Crippen molar-refractivity contribution in [3.8, 4) is 0 Å². The molecule has 2 fully saturated rings. The molecule has 7 heteroatoms. The maximum Gasteiger partial charge on any atom is 0.225 e. The quantitative estimate of drug-likeness (QED) is 0.459. The highest BCUT2D eigenvalue weighted by Crippen LogP contribution is 2.29. The lowest BCUT2D eigenvalue weighted by atomic mass is 9.88. The Morgan fingerprint density at radius 1 is 0.886 bits per heavy atom. The average Bonchev–Trinajstić information content (AvgIpc) is 2.90.